The van der Waals surface area contributed by atoms with Crippen molar-refractivity contribution in [3.63, 3.8) is 0 Å². The minimum Gasteiger partial charge on any atom is -0.325 e. The third-order valence-electron chi connectivity index (χ3n) is 6.48. The van der Waals surface area contributed by atoms with E-state index >= 15 is 0 Å². The van der Waals surface area contributed by atoms with Crippen molar-refractivity contribution in [3.8, 4) is 5.69 Å². The molecule has 0 saturated carbocycles. The number of nitrogens with zero attached hydrogens (tertiary/aromatic N) is 4. The number of rotatable bonds is 7. The van der Waals surface area contributed by atoms with Gasteiger partial charge in [-0.1, -0.05) is 68.1 Å². The number of carbonyl (C=O) groups excluding carboxylic acids is 1. The van der Waals surface area contributed by atoms with Gasteiger partial charge in [0.1, 0.15) is 0 Å². The predicted octanol–water partition coefficient (Wildman–Crippen LogP) is 5.59. The number of nitrogens with one attached hydrogen (secondary N) is 1. The molecule has 182 valence electrons. The molecule has 0 aliphatic carbocycles. The molecule has 8 heteroatoms. The Morgan fingerprint density at radius 1 is 1.00 bits per heavy atom. The number of benzene rings is 3. The lowest BCUT2D eigenvalue weighted by atomic mass is 9.98. The Morgan fingerprint density at radius 3 is 2.47 bits per heavy atom. The van der Waals surface area contributed by atoms with Crippen molar-refractivity contribution in [3.05, 3.63) is 94.3 Å². The monoisotopic (exact) mass is 497 g/mol. The van der Waals surface area contributed by atoms with Crippen LogP contribution in [0.3, 0.4) is 0 Å². The zero-order valence-electron chi connectivity index (χ0n) is 20.4. The highest BCUT2D eigenvalue weighted by Crippen LogP contribution is 2.25. The smallest absolute Gasteiger partial charge is 0.267 e. The first-order valence-electron chi connectivity index (χ1n) is 12.0. The molecule has 1 atom stereocenters. The van der Waals surface area contributed by atoms with Gasteiger partial charge in [0.2, 0.25) is 11.7 Å². The summed E-state index contributed by atoms with van der Waals surface area (Å²) in [5, 5.41) is 12.8. The van der Waals surface area contributed by atoms with Crippen molar-refractivity contribution in [2.24, 2.45) is 0 Å². The summed E-state index contributed by atoms with van der Waals surface area (Å²) in [6.45, 7) is 6.30. The number of aromatic nitrogens is 4. The van der Waals surface area contributed by atoms with Gasteiger partial charge in [-0.2, -0.15) is 0 Å². The second-order valence-corrected chi connectivity index (χ2v) is 9.77. The van der Waals surface area contributed by atoms with Crippen LogP contribution in [-0.2, 0) is 4.79 Å². The highest BCUT2D eigenvalue weighted by molar-refractivity contribution is 7.99. The zero-order valence-corrected chi connectivity index (χ0v) is 21.2. The summed E-state index contributed by atoms with van der Waals surface area (Å²) < 4.78 is 3.44. The van der Waals surface area contributed by atoms with E-state index in [4.69, 9.17) is 0 Å². The van der Waals surface area contributed by atoms with Crippen LogP contribution in [0.5, 0.6) is 0 Å². The van der Waals surface area contributed by atoms with E-state index in [0.29, 0.717) is 27.8 Å². The van der Waals surface area contributed by atoms with E-state index < -0.39 is 0 Å². The molecule has 5 rings (SSSR count). The summed E-state index contributed by atoms with van der Waals surface area (Å²) in [7, 11) is 0. The van der Waals surface area contributed by atoms with Crippen LogP contribution in [0.25, 0.3) is 22.4 Å². The normalized spacial score (nSPS) is 12.2. The Balaban J connectivity index is 1.54. The third kappa shape index (κ3) is 4.40. The minimum absolute atomic E-state index is 0.135. The molecule has 0 aliphatic heterocycles. The van der Waals surface area contributed by atoms with Crippen LogP contribution >= 0.6 is 11.8 Å². The number of hydrogen-bond acceptors (Lipinski definition) is 5. The molecule has 5 aromatic rings. The largest absolute Gasteiger partial charge is 0.325 e. The average molecular weight is 498 g/mol. The zero-order chi connectivity index (χ0) is 25.2. The molecular weight excluding hydrogens is 470 g/mol. The maximum absolute atomic E-state index is 13.5. The minimum atomic E-state index is -0.157. The third-order valence-corrected chi connectivity index (χ3v) is 7.41. The molecule has 1 amide bonds. The molecule has 0 fully saturated rings. The van der Waals surface area contributed by atoms with Crippen LogP contribution in [0.15, 0.2) is 82.7 Å². The fourth-order valence-electron chi connectivity index (χ4n) is 4.22. The van der Waals surface area contributed by atoms with Crippen molar-refractivity contribution in [2.45, 2.75) is 38.3 Å². The quantitative estimate of drug-likeness (QED) is 0.297. The number of carbonyl (C=O) groups is 1. The Morgan fingerprint density at radius 2 is 1.72 bits per heavy atom. The fourth-order valence-corrected chi connectivity index (χ4v) is 4.96. The molecular formula is C28H27N5O2S. The van der Waals surface area contributed by atoms with E-state index in [2.05, 4.69) is 41.5 Å². The molecule has 1 unspecified atom stereocenters. The number of hydrogen-bond donors (Lipinski definition) is 1. The van der Waals surface area contributed by atoms with Crippen molar-refractivity contribution >= 4 is 40.0 Å². The van der Waals surface area contributed by atoms with Gasteiger partial charge < -0.3 is 5.32 Å². The molecule has 0 radical (unpaired) electrons. The Hall–Kier alpha value is -3.91. The van der Waals surface area contributed by atoms with Gasteiger partial charge in [0, 0.05) is 5.69 Å². The van der Waals surface area contributed by atoms with Crippen LogP contribution in [0, 0.1) is 6.92 Å². The summed E-state index contributed by atoms with van der Waals surface area (Å²) in [6.07, 6.45) is 1.04. The van der Waals surface area contributed by atoms with E-state index in [1.165, 1.54) is 17.3 Å². The lowest BCUT2D eigenvalue weighted by Crippen LogP contribution is -2.22. The van der Waals surface area contributed by atoms with Crippen LogP contribution in [0.1, 0.15) is 37.3 Å². The Kier molecular flexibility index (Phi) is 6.61. The van der Waals surface area contributed by atoms with Crippen molar-refractivity contribution in [1.82, 2.24) is 19.2 Å². The maximum atomic E-state index is 13.5. The number of amides is 1. The summed E-state index contributed by atoms with van der Waals surface area (Å²) >= 11 is 1.29. The molecule has 0 bridgehead atoms. The summed E-state index contributed by atoms with van der Waals surface area (Å²) in [6, 6.07) is 23.1. The first-order chi connectivity index (χ1) is 17.5. The van der Waals surface area contributed by atoms with E-state index in [1.54, 1.807) is 10.6 Å². The highest BCUT2D eigenvalue weighted by atomic mass is 32.2. The first kappa shape index (κ1) is 23.8. The number of aryl methyl sites for hydroxylation is 1. The summed E-state index contributed by atoms with van der Waals surface area (Å²) in [4.78, 5) is 26.2. The fraction of sp³-hybridized carbons (Fsp3) is 0.214. The van der Waals surface area contributed by atoms with Gasteiger partial charge >= 0.3 is 0 Å². The Bertz CT molecular complexity index is 1620. The lowest BCUT2D eigenvalue weighted by Gasteiger charge is -2.13. The van der Waals surface area contributed by atoms with Gasteiger partial charge in [0.25, 0.3) is 5.56 Å². The maximum Gasteiger partial charge on any atom is 0.267 e. The SMILES string of the molecule is CCC(C)c1ccc(-n2c(=O)c3ccccc3n3c(SCC(=O)Nc4ccccc4C)nnc23)cc1. The molecule has 1 N–H and O–H groups in total. The number of para-hydroxylation sites is 2. The van der Waals surface area contributed by atoms with Crippen LogP contribution in [-0.4, -0.2) is 30.8 Å². The van der Waals surface area contributed by atoms with Gasteiger partial charge in [-0.25, -0.2) is 4.57 Å². The van der Waals surface area contributed by atoms with Gasteiger partial charge in [-0.05, 0) is 60.7 Å². The van der Waals surface area contributed by atoms with E-state index in [0.717, 1.165) is 23.4 Å². The summed E-state index contributed by atoms with van der Waals surface area (Å²) in [5.41, 5.74) is 4.28. The highest BCUT2D eigenvalue weighted by Gasteiger charge is 2.19. The van der Waals surface area contributed by atoms with Crippen LogP contribution in [0.4, 0.5) is 5.69 Å². The van der Waals surface area contributed by atoms with Crippen molar-refractivity contribution in [1.29, 1.82) is 0 Å². The van der Waals surface area contributed by atoms with Gasteiger partial charge in [0.05, 0.1) is 22.3 Å². The second kappa shape index (κ2) is 9.99. The first-order valence-corrected chi connectivity index (χ1v) is 12.9. The average Bonchev–Trinajstić information content (AvgIpc) is 3.32. The molecule has 0 saturated heterocycles. The van der Waals surface area contributed by atoms with Crippen molar-refractivity contribution < 1.29 is 4.79 Å². The predicted molar refractivity (Wildman–Crippen MR) is 145 cm³/mol. The number of anilines is 1. The molecule has 0 aliphatic rings. The molecule has 2 aromatic heterocycles. The molecule has 0 spiro atoms. The second-order valence-electron chi connectivity index (χ2n) is 8.83. The van der Waals surface area contributed by atoms with E-state index in [9.17, 15) is 9.59 Å². The van der Waals surface area contributed by atoms with Crippen molar-refractivity contribution in [2.75, 3.05) is 11.1 Å². The van der Waals surface area contributed by atoms with Gasteiger partial charge in [0.15, 0.2) is 5.16 Å². The van der Waals surface area contributed by atoms with Gasteiger partial charge in [-0.15, -0.1) is 10.2 Å². The Labute approximate surface area is 213 Å². The molecule has 3 aromatic carbocycles. The number of fused-ring (bicyclic) bond motifs is 3. The summed E-state index contributed by atoms with van der Waals surface area (Å²) in [5.74, 6) is 0.877. The standard InChI is InChI=1S/C28H27N5O2S/c1-4-18(2)20-13-15-21(16-14-20)32-26(35)22-10-6-8-12-24(22)33-27(32)30-31-28(33)36-17-25(34)29-23-11-7-5-9-19(23)3/h5-16,18H,4,17H2,1-3H3,(H,29,34). The van der Waals surface area contributed by atoms with Crippen LogP contribution < -0.4 is 10.9 Å². The molecule has 2 heterocycles. The van der Waals surface area contributed by atoms with E-state index in [1.807, 2.05) is 65.9 Å². The van der Waals surface area contributed by atoms with Gasteiger partial charge in [-0.3, -0.25) is 14.0 Å². The lowest BCUT2D eigenvalue weighted by molar-refractivity contribution is -0.113. The topological polar surface area (TPSA) is 81.3 Å². The number of thioether (sulfide) groups is 1. The molecule has 36 heavy (non-hydrogen) atoms. The molecule has 7 nitrogen and oxygen atoms in total. The van der Waals surface area contributed by atoms with E-state index in [-0.39, 0.29) is 17.2 Å². The van der Waals surface area contributed by atoms with Crippen LogP contribution in [0.2, 0.25) is 0 Å².